The molecular weight excluding hydrogens is 378 g/mol. The Bertz CT molecular complexity index is 886. The summed E-state index contributed by atoms with van der Waals surface area (Å²) in [4.78, 5) is 33.1. The Morgan fingerprint density at radius 3 is 2.78 bits per heavy atom. The second-order valence-electron chi connectivity index (χ2n) is 6.61. The van der Waals surface area contributed by atoms with Crippen LogP contribution in [0.25, 0.3) is 0 Å². The number of aromatic nitrogens is 2. The van der Waals surface area contributed by atoms with Crippen molar-refractivity contribution in [3.8, 4) is 0 Å². The molecule has 2 heterocycles. The molecule has 27 heavy (non-hydrogen) atoms. The Labute approximate surface area is 168 Å². The number of benzene rings is 1. The number of amides is 1. The number of ketones is 1. The summed E-state index contributed by atoms with van der Waals surface area (Å²) in [7, 11) is 0. The van der Waals surface area contributed by atoms with E-state index in [0.717, 1.165) is 22.3 Å². The van der Waals surface area contributed by atoms with Gasteiger partial charge in [-0.2, -0.15) is 0 Å². The fourth-order valence-electron chi connectivity index (χ4n) is 3.22. The van der Waals surface area contributed by atoms with Crippen molar-refractivity contribution in [3.63, 3.8) is 0 Å². The van der Waals surface area contributed by atoms with E-state index in [2.05, 4.69) is 29.1 Å². The van der Waals surface area contributed by atoms with E-state index in [1.165, 1.54) is 24.2 Å². The molecule has 7 heteroatoms. The molecule has 0 fully saturated rings. The van der Waals surface area contributed by atoms with Gasteiger partial charge in [-0.25, -0.2) is 9.97 Å². The summed E-state index contributed by atoms with van der Waals surface area (Å²) in [6.45, 7) is 7.80. The minimum atomic E-state index is -0.113. The molecule has 0 aliphatic carbocycles. The van der Waals surface area contributed by atoms with E-state index < -0.39 is 0 Å². The van der Waals surface area contributed by atoms with E-state index in [1.54, 1.807) is 36.0 Å². The average molecular weight is 402 g/mol. The number of Topliss-reactive ketones (excluding diaryl/α,β-unsaturated/α-hetero) is 1. The molecular formula is C20H23N3O2S2. The molecule has 1 N–H and O–H groups in total. The maximum Gasteiger partial charge on any atom is 0.234 e. The number of anilines is 1. The fraction of sp³-hybridized carbons (Fsp3) is 0.400. The second-order valence-corrected chi connectivity index (χ2v) is 8.94. The first kappa shape index (κ1) is 19.9. The van der Waals surface area contributed by atoms with Crippen LogP contribution in [0.15, 0.2) is 34.3 Å². The van der Waals surface area contributed by atoms with Crippen LogP contribution in [0.1, 0.15) is 54.9 Å². The predicted octanol–water partition coefficient (Wildman–Crippen LogP) is 4.71. The monoisotopic (exact) mass is 401 g/mol. The maximum atomic E-state index is 12.4. The van der Waals surface area contributed by atoms with Gasteiger partial charge < -0.3 is 5.32 Å². The molecule has 1 aliphatic heterocycles. The average Bonchev–Trinajstić information content (AvgIpc) is 2.94. The quantitative estimate of drug-likeness (QED) is 0.429. The van der Waals surface area contributed by atoms with Crippen LogP contribution in [0, 0.1) is 6.92 Å². The van der Waals surface area contributed by atoms with Gasteiger partial charge in [0.1, 0.15) is 15.9 Å². The molecule has 1 aliphatic rings. The lowest BCUT2D eigenvalue weighted by Crippen LogP contribution is -2.15. The minimum Gasteiger partial charge on any atom is -0.325 e. The van der Waals surface area contributed by atoms with Crippen molar-refractivity contribution in [1.82, 2.24) is 9.97 Å². The zero-order valence-corrected chi connectivity index (χ0v) is 17.5. The molecule has 2 unspecified atom stereocenters. The van der Waals surface area contributed by atoms with E-state index in [1.807, 2.05) is 6.92 Å². The molecule has 0 spiro atoms. The highest BCUT2D eigenvalue weighted by Crippen LogP contribution is 2.48. The summed E-state index contributed by atoms with van der Waals surface area (Å²) < 4.78 is 0. The summed E-state index contributed by atoms with van der Waals surface area (Å²) >= 11 is 3.25. The molecule has 1 amide bonds. The van der Waals surface area contributed by atoms with E-state index in [9.17, 15) is 9.59 Å². The predicted molar refractivity (Wildman–Crippen MR) is 111 cm³/mol. The van der Waals surface area contributed by atoms with Crippen LogP contribution in [0.2, 0.25) is 0 Å². The summed E-state index contributed by atoms with van der Waals surface area (Å²) in [5, 5.41) is 5.30. The zero-order chi connectivity index (χ0) is 19.6. The third-order valence-electron chi connectivity index (χ3n) is 4.56. The lowest BCUT2D eigenvalue weighted by molar-refractivity contribution is -0.113. The summed E-state index contributed by atoms with van der Waals surface area (Å²) in [6.07, 6.45) is 1.03. The van der Waals surface area contributed by atoms with Gasteiger partial charge in [-0.05, 0) is 32.4 Å². The van der Waals surface area contributed by atoms with E-state index >= 15 is 0 Å². The number of carbonyl (C=O) groups excluding carboxylic acids is 2. The minimum absolute atomic E-state index is 0.0234. The molecule has 0 bridgehead atoms. The molecule has 5 nitrogen and oxygen atoms in total. The van der Waals surface area contributed by atoms with Gasteiger partial charge in [-0.1, -0.05) is 37.7 Å². The number of thioether (sulfide) groups is 2. The van der Waals surface area contributed by atoms with E-state index in [-0.39, 0.29) is 17.4 Å². The lowest BCUT2D eigenvalue weighted by atomic mass is 9.96. The van der Waals surface area contributed by atoms with Gasteiger partial charge in [0.15, 0.2) is 5.78 Å². The molecule has 1 aromatic heterocycles. The Morgan fingerprint density at radius 2 is 2.07 bits per heavy atom. The third-order valence-corrected chi connectivity index (χ3v) is 6.78. The first-order valence-corrected chi connectivity index (χ1v) is 10.8. The van der Waals surface area contributed by atoms with Gasteiger partial charge in [0.2, 0.25) is 5.91 Å². The van der Waals surface area contributed by atoms with Crippen molar-refractivity contribution < 1.29 is 9.59 Å². The topological polar surface area (TPSA) is 72.0 Å². The summed E-state index contributed by atoms with van der Waals surface area (Å²) in [5.41, 5.74) is 2.41. The highest BCUT2D eigenvalue weighted by Gasteiger charge is 2.33. The number of nitrogens with zero attached hydrogens (tertiary/aromatic N) is 2. The first-order chi connectivity index (χ1) is 12.9. The number of aryl methyl sites for hydroxylation is 1. The van der Waals surface area contributed by atoms with Crippen molar-refractivity contribution in [2.75, 3.05) is 11.1 Å². The number of hydrogen-bond acceptors (Lipinski definition) is 6. The molecule has 2 atom stereocenters. The third kappa shape index (κ3) is 4.52. The van der Waals surface area contributed by atoms with Gasteiger partial charge in [0, 0.05) is 28.0 Å². The van der Waals surface area contributed by atoms with Crippen LogP contribution in [0.3, 0.4) is 0 Å². The number of fused-ring (bicyclic) bond motifs is 1. The SMILES string of the molecule is CCC1c2c(SCC(=O)Nc3cccc(C(C)=O)c3)nc(C)nc2SC1C. The highest BCUT2D eigenvalue weighted by molar-refractivity contribution is 8.01. The van der Waals surface area contributed by atoms with Crippen LogP contribution >= 0.6 is 23.5 Å². The van der Waals surface area contributed by atoms with Crippen LogP contribution in [0.4, 0.5) is 5.69 Å². The molecule has 3 rings (SSSR count). The van der Waals surface area contributed by atoms with Gasteiger partial charge in [0.05, 0.1) is 5.75 Å². The van der Waals surface area contributed by atoms with Gasteiger partial charge in [-0.3, -0.25) is 9.59 Å². The molecule has 0 saturated heterocycles. The lowest BCUT2D eigenvalue weighted by Gasteiger charge is -2.15. The molecule has 0 saturated carbocycles. The van der Waals surface area contributed by atoms with E-state index in [4.69, 9.17) is 0 Å². The smallest absolute Gasteiger partial charge is 0.234 e. The fourth-order valence-corrected chi connectivity index (χ4v) is 5.63. The van der Waals surface area contributed by atoms with Gasteiger partial charge in [0.25, 0.3) is 0 Å². The van der Waals surface area contributed by atoms with E-state index in [0.29, 0.717) is 22.4 Å². The standard InChI is InChI=1S/C20H23N3O2S2/c1-5-16-12(3)27-20-18(16)19(21-13(4)22-20)26-10-17(25)23-15-8-6-7-14(9-15)11(2)24/h6-9,12,16H,5,10H2,1-4H3,(H,23,25). The van der Waals surface area contributed by atoms with Gasteiger partial charge >= 0.3 is 0 Å². The van der Waals surface area contributed by atoms with Gasteiger partial charge in [-0.15, -0.1) is 11.8 Å². The largest absolute Gasteiger partial charge is 0.325 e. The summed E-state index contributed by atoms with van der Waals surface area (Å²) in [5.74, 6) is 1.29. The second kappa shape index (κ2) is 8.44. The Morgan fingerprint density at radius 1 is 1.30 bits per heavy atom. The number of nitrogens with one attached hydrogen (secondary N) is 1. The zero-order valence-electron chi connectivity index (χ0n) is 15.9. The number of rotatable bonds is 6. The van der Waals surface area contributed by atoms with Crippen molar-refractivity contribution in [3.05, 3.63) is 41.2 Å². The van der Waals surface area contributed by atoms with Crippen LogP contribution in [0.5, 0.6) is 0 Å². The highest BCUT2D eigenvalue weighted by atomic mass is 32.2. The Kier molecular flexibility index (Phi) is 6.22. The van der Waals surface area contributed by atoms with Crippen molar-refractivity contribution in [2.45, 2.75) is 55.3 Å². The Hall–Kier alpha value is -1.86. The number of carbonyl (C=O) groups is 2. The van der Waals surface area contributed by atoms with Crippen molar-refractivity contribution in [1.29, 1.82) is 0 Å². The Balaban J connectivity index is 1.71. The van der Waals surface area contributed by atoms with Crippen molar-refractivity contribution >= 4 is 40.9 Å². The molecule has 0 radical (unpaired) electrons. The normalized spacial score (nSPS) is 18.2. The molecule has 1 aromatic carbocycles. The van der Waals surface area contributed by atoms with Crippen molar-refractivity contribution in [2.24, 2.45) is 0 Å². The summed E-state index contributed by atoms with van der Waals surface area (Å²) in [6, 6.07) is 6.99. The number of hydrogen-bond donors (Lipinski definition) is 1. The first-order valence-electron chi connectivity index (χ1n) is 8.97. The van der Waals surface area contributed by atoms with Crippen LogP contribution in [-0.4, -0.2) is 32.7 Å². The maximum absolute atomic E-state index is 12.4. The van der Waals surface area contributed by atoms with Crippen LogP contribution in [-0.2, 0) is 4.79 Å². The molecule has 142 valence electrons. The molecule has 2 aromatic rings. The van der Waals surface area contributed by atoms with Crippen LogP contribution < -0.4 is 5.32 Å².